The first kappa shape index (κ1) is 23.8. The number of halogens is 1. The summed E-state index contributed by atoms with van der Waals surface area (Å²) in [5, 5.41) is 3.53. The van der Waals surface area contributed by atoms with E-state index >= 15 is 0 Å². The molecule has 1 aliphatic heterocycles. The van der Waals surface area contributed by atoms with Gasteiger partial charge in [0.1, 0.15) is 6.10 Å². The maximum Gasteiger partial charge on any atom is 0.226 e. The summed E-state index contributed by atoms with van der Waals surface area (Å²) in [6, 6.07) is 8.92. The number of nitrogens with zero attached hydrogens (tertiary/aromatic N) is 2. The normalized spacial score (nSPS) is 23.2. The van der Waals surface area contributed by atoms with Crippen LogP contribution in [-0.4, -0.2) is 49.0 Å². The number of ether oxygens (including phenoxy) is 3. The highest BCUT2D eigenvalue weighted by Gasteiger charge is 2.23. The Hall–Kier alpha value is -1.89. The van der Waals surface area contributed by atoms with Crippen LogP contribution in [0.4, 0.5) is 5.95 Å². The molecule has 1 saturated carbocycles. The zero-order valence-corrected chi connectivity index (χ0v) is 19.3. The minimum absolute atomic E-state index is 0. The van der Waals surface area contributed by atoms with Crippen LogP contribution in [0.15, 0.2) is 30.5 Å². The van der Waals surface area contributed by atoms with Gasteiger partial charge in [0.05, 0.1) is 25.4 Å². The summed E-state index contributed by atoms with van der Waals surface area (Å²) in [5.41, 5.74) is 3.23. The van der Waals surface area contributed by atoms with Crippen molar-refractivity contribution in [2.45, 2.75) is 57.6 Å². The fourth-order valence-corrected chi connectivity index (χ4v) is 4.15. The van der Waals surface area contributed by atoms with Crippen LogP contribution in [-0.2, 0) is 15.9 Å². The van der Waals surface area contributed by atoms with E-state index in [1.165, 1.54) is 31.2 Å². The molecule has 0 amide bonds. The van der Waals surface area contributed by atoms with E-state index in [9.17, 15) is 0 Å². The zero-order chi connectivity index (χ0) is 20.8. The fourth-order valence-electron chi connectivity index (χ4n) is 4.15. The van der Waals surface area contributed by atoms with E-state index in [4.69, 9.17) is 19.2 Å². The highest BCUT2D eigenvalue weighted by atomic mass is 35.5. The summed E-state index contributed by atoms with van der Waals surface area (Å²) in [4.78, 5) is 9.40. The highest BCUT2D eigenvalue weighted by molar-refractivity contribution is 5.85. The smallest absolute Gasteiger partial charge is 0.226 e. The third-order valence-corrected chi connectivity index (χ3v) is 6.13. The molecule has 31 heavy (non-hydrogen) atoms. The lowest BCUT2D eigenvalue weighted by atomic mass is 9.87. The number of aromatic nitrogens is 2. The Labute approximate surface area is 191 Å². The summed E-state index contributed by atoms with van der Waals surface area (Å²) >= 11 is 0. The van der Waals surface area contributed by atoms with Gasteiger partial charge in [0.2, 0.25) is 11.8 Å². The van der Waals surface area contributed by atoms with E-state index in [0.717, 1.165) is 43.1 Å². The van der Waals surface area contributed by atoms with E-state index < -0.39 is 0 Å². The summed E-state index contributed by atoms with van der Waals surface area (Å²) in [7, 11) is 1.73. The molecule has 170 valence electrons. The molecule has 2 fully saturated rings. The first-order valence-corrected chi connectivity index (χ1v) is 11.2. The molecule has 2 aliphatic rings. The minimum Gasteiger partial charge on any atom is -0.471 e. The van der Waals surface area contributed by atoms with Gasteiger partial charge in [0.15, 0.2) is 0 Å². The molecule has 0 bridgehead atoms. The Morgan fingerprint density at radius 2 is 1.87 bits per heavy atom. The van der Waals surface area contributed by atoms with Crippen molar-refractivity contribution in [2.24, 2.45) is 5.92 Å². The van der Waals surface area contributed by atoms with Crippen molar-refractivity contribution in [3.63, 3.8) is 0 Å². The average Bonchev–Trinajstić information content (AvgIpc) is 3.28. The average molecular weight is 448 g/mol. The van der Waals surface area contributed by atoms with Gasteiger partial charge in [-0.3, -0.25) is 0 Å². The predicted octanol–water partition coefficient (Wildman–Crippen LogP) is 4.91. The van der Waals surface area contributed by atoms with Gasteiger partial charge in [-0.05, 0) is 49.1 Å². The second-order valence-electron chi connectivity index (χ2n) is 8.56. The standard InChI is InChI=1S/C24H33N3O3.ClH/c1-17-3-9-20(10-4-17)26-24-25-15-22(23(27-24)30-21-12-14-29-16-21)19-7-5-18(6-8-19)11-13-28-2;/h5-8,15,17,20-21H,3-4,9-14,16H2,1-2H3,(H,25,26,27);1H/t17?,20?,21-;/m1./s1. The predicted molar refractivity (Wildman–Crippen MR) is 125 cm³/mol. The number of nitrogens with one attached hydrogen (secondary N) is 1. The molecule has 6 nitrogen and oxygen atoms in total. The number of hydrogen-bond acceptors (Lipinski definition) is 6. The molecule has 1 saturated heterocycles. The fraction of sp³-hybridized carbons (Fsp3) is 0.583. The Kier molecular flexibility index (Phi) is 8.93. The topological polar surface area (TPSA) is 65.5 Å². The van der Waals surface area contributed by atoms with Gasteiger partial charge in [-0.2, -0.15) is 4.98 Å². The minimum atomic E-state index is 0. The lowest BCUT2D eigenvalue weighted by molar-refractivity contribution is 0.138. The van der Waals surface area contributed by atoms with Crippen molar-refractivity contribution in [3.05, 3.63) is 36.0 Å². The van der Waals surface area contributed by atoms with Gasteiger partial charge < -0.3 is 19.5 Å². The van der Waals surface area contributed by atoms with E-state index in [1.807, 2.05) is 6.20 Å². The van der Waals surface area contributed by atoms with Crippen molar-refractivity contribution in [1.29, 1.82) is 0 Å². The van der Waals surface area contributed by atoms with Crippen molar-refractivity contribution in [2.75, 3.05) is 32.2 Å². The number of rotatable bonds is 8. The second-order valence-corrected chi connectivity index (χ2v) is 8.56. The van der Waals surface area contributed by atoms with E-state index in [-0.39, 0.29) is 18.5 Å². The van der Waals surface area contributed by atoms with Crippen molar-refractivity contribution >= 4 is 18.4 Å². The number of hydrogen-bond donors (Lipinski definition) is 1. The van der Waals surface area contributed by atoms with Crippen LogP contribution in [0.2, 0.25) is 0 Å². The first-order valence-electron chi connectivity index (χ1n) is 11.2. The molecular formula is C24H34ClN3O3. The van der Waals surface area contributed by atoms with Crippen molar-refractivity contribution < 1.29 is 14.2 Å². The summed E-state index contributed by atoms with van der Waals surface area (Å²) < 4.78 is 16.9. The highest BCUT2D eigenvalue weighted by Crippen LogP contribution is 2.32. The molecule has 2 heterocycles. The molecule has 7 heteroatoms. The first-order chi connectivity index (χ1) is 14.7. The molecule has 0 radical (unpaired) electrons. The van der Waals surface area contributed by atoms with Gasteiger partial charge in [-0.15, -0.1) is 12.4 Å². The van der Waals surface area contributed by atoms with Crippen LogP contribution >= 0.6 is 12.4 Å². The lowest BCUT2D eigenvalue weighted by Crippen LogP contribution is -2.26. The monoisotopic (exact) mass is 447 g/mol. The summed E-state index contributed by atoms with van der Waals surface area (Å²) in [6.07, 6.45) is 8.58. The second kappa shape index (κ2) is 11.7. The lowest BCUT2D eigenvalue weighted by Gasteiger charge is -2.27. The quantitative estimate of drug-likeness (QED) is 0.620. The van der Waals surface area contributed by atoms with Crippen LogP contribution in [0, 0.1) is 5.92 Å². The van der Waals surface area contributed by atoms with Gasteiger partial charge in [0, 0.05) is 25.8 Å². The summed E-state index contributed by atoms with van der Waals surface area (Å²) in [5.74, 6) is 2.11. The van der Waals surface area contributed by atoms with Crippen molar-refractivity contribution in [3.8, 4) is 17.0 Å². The van der Waals surface area contributed by atoms with E-state index in [0.29, 0.717) is 24.5 Å². The van der Waals surface area contributed by atoms with E-state index in [2.05, 4.69) is 41.5 Å². The van der Waals surface area contributed by atoms with E-state index in [1.54, 1.807) is 7.11 Å². The molecule has 1 aliphatic carbocycles. The van der Waals surface area contributed by atoms with Crippen LogP contribution in [0.1, 0.15) is 44.6 Å². The SMILES string of the molecule is COCCc1ccc(-c2cnc(NC3CCC(C)CC3)nc2O[C@@H]2CCOC2)cc1.Cl. The Morgan fingerprint density at radius 1 is 1.10 bits per heavy atom. The molecule has 4 rings (SSSR count). The third kappa shape index (κ3) is 6.55. The number of methoxy groups -OCH3 is 1. The molecular weight excluding hydrogens is 414 g/mol. The van der Waals surface area contributed by atoms with Crippen LogP contribution < -0.4 is 10.1 Å². The van der Waals surface area contributed by atoms with Gasteiger partial charge in [-0.1, -0.05) is 31.2 Å². The van der Waals surface area contributed by atoms with Crippen LogP contribution in [0.3, 0.4) is 0 Å². The van der Waals surface area contributed by atoms with Gasteiger partial charge in [0.25, 0.3) is 0 Å². The van der Waals surface area contributed by atoms with Crippen LogP contribution in [0.25, 0.3) is 11.1 Å². The number of anilines is 1. The molecule has 1 aromatic heterocycles. The Balaban J connectivity index is 0.00000272. The molecule has 1 N–H and O–H groups in total. The number of benzene rings is 1. The van der Waals surface area contributed by atoms with Crippen LogP contribution in [0.5, 0.6) is 5.88 Å². The zero-order valence-electron chi connectivity index (χ0n) is 18.5. The Morgan fingerprint density at radius 3 is 2.55 bits per heavy atom. The molecule has 0 spiro atoms. The molecule has 1 aromatic carbocycles. The maximum atomic E-state index is 6.27. The summed E-state index contributed by atoms with van der Waals surface area (Å²) in [6.45, 7) is 4.41. The molecule has 0 unspecified atom stereocenters. The Bertz CT molecular complexity index is 804. The van der Waals surface area contributed by atoms with Gasteiger partial charge in [-0.25, -0.2) is 4.98 Å². The van der Waals surface area contributed by atoms with Gasteiger partial charge >= 0.3 is 0 Å². The third-order valence-electron chi connectivity index (χ3n) is 6.13. The molecule has 2 aromatic rings. The largest absolute Gasteiger partial charge is 0.471 e. The maximum absolute atomic E-state index is 6.27. The van der Waals surface area contributed by atoms with Crippen molar-refractivity contribution in [1.82, 2.24) is 9.97 Å². The molecule has 1 atom stereocenters.